The molecule has 1 atom stereocenters. The van der Waals surface area contributed by atoms with E-state index in [4.69, 9.17) is 5.26 Å². The van der Waals surface area contributed by atoms with Crippen LogP contribution in [0.1, 0.15) is 38.8 Å². The molecule has 17 heavy (non-hydrogen) atoms. The van der Waals surface area contributed by atoms with E-state index in [1.807, 2.05) is 6.92 Å². The molecule has 0 aliphatic rings. The molecule has 1 aromatic rings. The Hall–Kier alpha value is -1.33. The molecule has 2 heteroatoms. The molecule has 1 aromatic carbocycles. The molecule has 0 bridgehead atoms. The first-order valence-electron chi connectivity index (χ1n) is 6.13. The Labute approximate surface area is 105 Å². The van der Waals surface area contributed by atoms with Crippen molar-refractivity contribution in [3.63, 3.8) is 0 Å². The predicted molar refractivity (Wildman–Crippen MR) is 71.6 cm³/mol. The number of benzene rings is 1. The van der Waals surface area contributed by atoms with E-state index in [-0.39, 0.29) is 11.3 Å². The third kappa shape index (κ3) is 4.58. The normalized spacial score (nSPS) is 13.1. The minimum atomic E-state index is 0.0730. The van der Waals surface area contributed by atoms with Gasteiger partial charge in [-0.2, -0.15) is 5.26 Å². The van der Waals surface area contributed by atoms with Gasteiger partial charge < -0.3 is 5.32 Å². The van der Waals surface area contributed by atoms with Crippen molar-refractivity contribution < 1.29 is 0 Å². The van der Waals surface area contributed by atoms with Gasteiger partial charge in [0, 0.05) is 13.1 Å². The molecule has 2 nitrogen and oxygen atoms in total. The van der Waals surface area contributed by atoms with Crippen molar-refractivity contribution in [2.45, 2.75) is 39.7 Å². The second-order valence-corrected chi connectivity index (χ2v) is 5.61. The zero-order valence-corrected chi connectivity index (χ0v) is 11.2. The van der Waals surface area contributed by atoms with Crippen LogP contribution >= 0.6 is 0 Å². The molecule has 0 aromatic heterocycles. The smallest absolute Gasteiger partial charge is 0.0666 e. The molecule has 1 N–H and O–H groups in total. The summed E-state index contributed by atoms with van der Waals surface area (Å²) < 4.78 is 0. The lowest BCUT2D eigenvalue weighted by Gasteiger charge is -2.19. The fourth-order valence-electron chi connectivity index (χ4n) is 1.60. The van der Waals surface area contributed by atoms with E-state index in [1.165, 1.54) is 11.1 Å². The van der Waals surface area contributed by atoms with E-state index in [0.717, 1.165) is 13.1 Å². The Bertz CT molecular complexity index is 379. The summed E-state index contributed by atoms with van der Waals surface area (Å²) in [4.78, 5) is 0. The first kappa shape index (κ1) is 13.7. The van der Waals surface area contributed by atoms with Gasteiger partial charge in [-0.05, 0) is 23.5 Å². The summed E-state index contributed by atoms with van der Waals surface area (Å²) in [5.41, 5.74) is 2.83. The highest BCUT2D eigenvalue weighted by Gasteiger charge is 2.12. The van der Waals surface area contributed by atoms with Gasteiger partial charge in [0.2, 0.25) is 0 Å². The van der Waals surface area contributed by atoms with Crippen LogP contribution in [0.4, 0.5) is 0 Å². The molecule has 0 fully saturated rings. The maximum Gasteiger partial charge on any atom is 0.0666 e. The van der Waals surface area contributed by atoms with Gasteiger partial charge in [0.15, 0.2) is 0 Å². The lowest BCUT2D eigenvalue weighted by molar-refractivity contribution is 0.587. The van der Waals surface area contributed by atoms with Crippen LogP contribution in [0.15, 0.2) is 24.3 Å². The van der Waals surface area contributed by atoms with Gasteiger partial charge >= 0.3 is 0 Å². The van der Waals surface area contributed by atoms with Crippen molar-refractivity contribution in [1.29, 1.82) is 5.26 Å². The summed E-state index contributed by atoms with van der Waals surface area (Å²) in [6, 6.07) is 10.9. The number of nitrogens with zero attached hydrogens (tertiary/aromatic N) is 1. The van der Waals surface area contributed by atoms with Crippen LogP contribution in [0.25, 0.3) is 0 Å². The van der Waals surface area contributed by atoms with E-state index in [9.17, 15) is 0 Å². The standard InChI is InChI=1S/C15H22N2/c1-12(9-16)10-17-11-13-5-7-14(8-6-13)15(2,3)4/h5-8,12,17H,10-11H2,1-4H3. The molecule has 0 heterocycles. The number of hydrogen-bond donors (Lipinski definition) is 1. The topological polar surface area (TPSA) is 35.8 Å². The Morgan fingerprint density at radius 3 is 2.29 bits per heavy atom. The second kappa shape index (κ2) is 5.84. The maximum atomic E-state index is 8.67. The van der Waals surface area contributed by atoms with Crippen molar-refractivity contribution in [3.05, 3.63) is 35.4 Å². The molecule has 0 aliphatic carbocycles. The molecule has 1 rings (SSSR count). The van der Waals surface area contributed by atoms with Crippen molar-refractivity contribution in [2.75, 3.05) is 6.54 Å². The van der Waals surface area contributed by atoms with Gasteiger partial charge in [0.25, 0.3) is 0 Å². The summed E-state index contributed by atoms with van der Waals surface area (Å²) >= 11 is 0. The fourth-order valence-corrected chi connectivity index (χ4v) is 1.60. The molecule has 0 saturated carbocycles. The van der Waals surface area contributed by atoms with Gasteiger partial charge in [0.05, 0.1) is 12.0 Å². The van der Waals surface area contributed by atoms with E-state index in [2.05, 4.69) is 56.4 Å². The maximum absolute atomic E-state index is 8.67. The predicted octanol–water partition coefficient (Wildman–Crippen LogP) is 3.23. The SMILES string of the molecule is CC(C#N)CNCc1ccc(C(C)(C)C)cc1. The molecule has 0 spiro atoms. The summed E-state index contributed by atoms with van der Waals surface area (Å²) in [5, 5.41) is 12.0. The third-order valence-electron chi connectivity index (χ3n) is 2.82. The highest BCUT2D eigenvalue weighted by Crippen LogP contribution is 2.22. The lowest BCUT2D eigenvalue weighted by Crippen LogP contribution is -2.20. The number of rotatable bonds is 4. The summed E-state index contributed by atoms with van der Waals surface area (Å²) in [6.07, 6.45) is 0. The van der Waals surface area contributed by atoms with Crippen LogP contribution in [0.5, 0.6) is 0 Å². The average Bonchev–Trinajstić information content (AvgIpc) is 2.28. The second-order valence-electron chi connectivity index (χ2n) is 5.61. The highest BCUT2D eigenvalue weighted by atomic mass is 14.9. The number of hydrogen-bond acceptors (Lipinski definition) is 2. The van der Waals surface area contributed by atoms with Crippen molar-refractivity contribution >= 4 is 0 Å². The molecular weight excluding hydrogens is 208 g/mol. The Balaban J connectivity index is 2.50. The zero-order valence-electron chi connectivity index (χ0n) is 11.2. The minimum absolute atomic E-state index is 0.0730. The fraction of sp³-hybridized carbons (Fsp3) is 0.533. The van der Waals surface area contributed by atoms with Gasteiger partial charge in [-0.25, -0.2) is 0 Å². The van der Waals surface area contributed by atoms with Crippen LogP contribution in [-0.4, -0.2) is 6.54 Å². The monoisotopic (exact) mass is 230 g/mol. The van der Waals surface area contributed by atoms with Crippen LogP contribution in [0, 0.1) is 17.2 Å². The quantitative estimate of drug-likeness (QED) is 0.862. The van der Waals surface area contributed by atoms with Crippen LogP contribution < -0.4 is 5.32 Å². The Morgan fingerprint density at radius 2 is 1.82 bits per heavy atom. The largest absolute Gasteiger partial charge is 0.311 e. The Morgan fingerprint density at radius 1 is 1.24 bits per heavy atom. The molecule has 92 valence electrons. The summed E-state index contributed by atoms with van der Waals surface area (Å²) in [6.45, 7) is 10.2. The molecule has 0 aliphatic heterocycles. The van der Waals surface area contributed by atoms with Gasteiger partial charge in [-0.15, -0.1) is 0 Å². The van der Waals surface area contributed by atoms with Crippen molar-refractivity contribution in [3.8, 4) is 6.07 Å². The molecule has 1 unspecified atom stereocenters. The van der Waals surface area contributed by atoms with Crippen LogP contribution in [0.2, 0.25) is 0 Å². The van der Waals surface area contributed by atoms with Crippen molar-refractivity contribution in [2.24, 2.45) is 5.92 Å². The van der Waals surface area contributed by atoms with E-state index in [0.29, 0.717) is 0 Å². The zero-order chi connectivity index (χ0) is 12.9. The van der Waals surface area contributed by atoms with E-state index < -0.39 is 0 Å². The van der Waals surface area contributed by atoms with Crippen LogP contribution in [0.3, 0.4) is 0 Å². The number of nitriles is 1. The molecule has 0 amide bonds. The molecule has 0 radical (unpaired) electrons. The van der Waals surface area contributed by atoms with E-state index >= 15 is 0 Å². The highest BCUT2D eigenvalue weighted by molar-refractivity contribution is 5.27. The molecule has 0 saturated heterocycles. The van der Waals surface area contributed by atoms with Gasteiger partial charge in [-0.3, -0.25) is 0 Å². The van der Waals surface area contributed by atoms with E-state index in [1.54, 1.807) is 0 Å². The molecular formula is C15H22N2. The summed E-state index contributed by atoms with van der Waals surface area (Å²) in [7, 11) is 0. The van der Waals surface area contributed by atoms with Crippen LogP contribution in [-0.2, 0) is 12.0 Å². The van der Waals surface area contributed by atoms with Gasteiger partial charge in [-0.1, -0.05) is 45.0 Å². The first-order valence-corrected chi connectivity index (χ1v) is 6.13. The third-order valence-corrected chi connectivity index (χ3v) is 2.82. The number of nitrogens with one attached hydrogen (secondary N) is 1. The average molecular weight is 230 g/mol. The van der Waals surface area contributed by atoms with Gasteiger partial charge in [0.1, 0.15) is 0 Å². The van der Waals surface area contributed by atoms with Crippen molar-refractivity contribution in [1.82, 2.24) is 5.32 Å². The Kier molecular flexibility index (Phi) is 4.72. The first-order chi connectivity index (χ1) is 7.93. The minimum Gasteiger partial charge on any atom is -0.311 e. The summed E-state index contributed by atoms with van der Waals surface area (Å²) in [5.74, 6) is 0.0730. The lowest BCUT2D eigenvalue weighted by atomic mass is 9.87.